The second-order valence-corrected chi connectivity index (χ2v) is 8.30. The molecule has 7 nitrogen and oxygen atoms in total. The zero-order chi connectivity index (χ0) is 20.9. The van der Waals surface area contributed by atoms with Crippen molar-refractivity contribution in [2.24, 2.45) is 0 Å². The van der Waals surface area contributed by atoms with E-state index in [0.717, 1.165) is 11.1 Å². The van der Waals surface area contributed by atoms with Crippen LogP contribution < -0.4 is 4.18 Å². The Morgan fingerprint density at radius 1 is 1.04 bits per heavy atom. The summed E-state index contributed by atoms with van der Waals surface area (Å²) in [6.07, 6.45) is 4.03. The van der Waals surface area contributed by atoms with Crippen molar-refractivity contribution in [1.82, 2.24) is 4.98 Å². The number of halogens is 3. The highest BCUT2D eigenvalue weighted by Crippen LogP contribution is 2.29. The lowest BCUT2D eigenvalue weighted by Crippen LogP contribution is -2.28. The van der Waals surface area contributed by atoms with E-state index in [1.165, 1.54) is 24.3 Å². The van der Waals surface area contributed by atoms with Gasteiger partial charge in [0.15, 0.2) is 0 Å². The summed E-state index contributed by atoms with van der Waals surface area (Å²) in [6.45, 7) is 1.90. The summed E-state index contributed by atoms with van der Waals surface area (Å²) < 4.78 is 88.4. The van der Waals surface area contributed by atoms with E-state index in [1.807, 2.05) is 13.0 Å². The van der Waals surface area contributed by atoms with Crippen LogP contribution in [-0.4, -0.2) is 38.1 Å². The third kappa shape index (κ3) is 7.93. The third-order valence-corrected chi connectivity index (χ3v) is 4.03. The molecule has 12 heteroatoms. The minimum atomic E-state index is -5.65. The van der Waals surface area contributed by atoms with Crippen molar-refractivity contribution in [3.05, 3.63) is 59.9 Å². The molecule has 1 heterocycles. The van der Waals surface area contributed by atoms with E-state index in [2.05, 4.69) is 9.17 Å². The minimum absolute atomic E-state index is 0.0398. The van der Waals surface area contributed by atoms with Gasteiger partial charge in [0.2, 0.25) is 0 Å². The molecule has 0 bridgehead atoms. The molecule has 1 aromatic heterocycles. The Hall–Kier alpha value is -2.18. The molecule has 1 aromatic carbocycles. The first-order valence-corrected chi connectivity index (χ1v) is 10.4. The SMILES string of the molecule is CC(c1ccc(OS(=O)(=O)C(F)(F)F)cc1)c1cccnc1.CS(=O)(=O)O. The van der Waals surface area contributed by atoms with Gasteiger partial charge in [0.25, 0.3) is 10.1 Å². The van der Waals surface area contributed by atoms with E-state index in [4.69, 9.17) is 4.55 Å². The Bertz CT molecular complexity index is 935. The first-order valence-electron chi connectivity index (χ1n) is 7.14. The predicted molar refractivity (Wildman–Crippen MR) is 91.3 cm³/mol. The molecular formula is C15H16F3NO6S2. The summed E-state index contributed by atoms with van der Waals surface area (Å²) in [7, 11) is -9.31. The molecule has 0 amide bonds. The van der Waals surface area contributed by atoms with Crippen LogP contribution in [0.25, 0.3) is 0 Å². The van der Waals surface area contributed by atoms with Gasteiger partial charge < -0.3 is 4.18 Å². The topological polar surface area (TPSA) is 111 Å². The van der Waals surface area contributed by atoms with Crippen LogP contribution in [0, 0.1) is 0 Å². The molecule has 2 rings (SSSR count). The molecule has 0 aliphatic rings. The Morgan fingerprint density at radius 3 is 1.96 bits per heavy atom. The molecule has 0 aliphatic heterocycles. The van der Waals surface area contributed by atoms with Crippen LogP contribution in [0.4, 0.5) is 13.2 Å². The standard InChI is InChI=1S/C14H12F3NO3S.CH4O3S/c1-10(12-3-2-8-18-9-12)11-4-6-13(7-5-11)21-22(19,20)14(15,16)17;1-5(2,3)4/h2-10H,1H3;1H3,(H,2,3,4). The van der Waals surface area contributed by atoms with Crippen LogP contribution >= 0.6 is 0 Å². The maximum atomic E-state index is 12.2. The summed E-state index contributed by atoms with van der Waals surface area (Å²) in [5.41, 5.74) is -3.72. The van der Waals surface area contributed by atoms with E-state index < -0.39 is 25.7 Å². The highest BCUT2D eigenvalue weighted by atomic mass is 32.2. The summed E-state index contributed by atoms with van der Waals surface area (Å²) in [5, 5.41) is 0. The molecule has 150 valence electrons. The van der Waals surface area contributed by atoms with Crippen LogP contribution in [0.2, 0.25) is 0 Å². The van der Waals surface area contributed by atoms with Crippen LogP contribution in [0.15, 0.2) is 48.8 Å². The van der Waals surface area contributed by atoms with Gasteiger partial charge in [-0.05, 0) is 29.3 Å². The van der Waals surface area contributed by atoms with Crippen molar-refractivity contribution in [2.75, 3.05) is 6.26 Å². The van der Waals surface area contributed by atoms with Gasteiger partial charge in [0, 0.05) is 18.3 Å². The Kier molecular flexibility index (Phi) is 7.34. The monoisotopic (exact) mass is 427 g/mol. The normalized spacial score (nSPS) is 13.3. The van der Waals surface area contributed by atoms with Crippen molar-refractivity contribution in [2.45, 2.75) is 18.3 Å². The molecule has 0 saturated heterocycles. The molecule has 0 saturated carbocycles. The fourth-order valence-electron chi connectivity index (χ4n) is 1.81. The summed E-state index contributed by atoms with van der Waals surface area (Å²) in [5.74, 6) is -0.429. The molecule has 1 atom stereocenters. The van der Waals surface area contributed by atoms with E-state index in [1.54, 1.807) is 18.5 Å². The number of nitrogens with zero attached hydrogens (tertiary/aromatic N) is 1. The molecule has 0 fully saturated rings. The first kappa shape index (κ1) is 22.9. The van der Waals surface area contributed by atoms with Crippen molar-refractivity contribution in [1.29, 1.82) is 0 Å². The zero-order valence-corrected chi connectivity index (χ0v) is 15.7. The van der Waals surface area contributed by atoms with Crippen molar-refractivity contribution >= 4 is 20.2 Å². The lowest BCUT2D eigenvalue weighted by Gasteiger charge is -2.13. The van der Waals surface area contributed by atoms with Crippen molar-refractivity contribution < 1.29 is 38.7 Å². The molecule has 0 aliphatic carbocycles. The molecule has 0 radical (unpaired) electrons. The predicted octanol–water partition coefficient (Wildman–Crippen LogP) is 2.97. The third-order valence-electron chi connectivity index (χ3n) is 3.05. The highest BCUT2D eigenvalue weighted by Gasteiger charge is 2.48. The average Bonchev–Trinajstić information content (AvgIpc) is 2.53. The van der Waals surface area contributed by atoms with Gasteiger partial charge >= 0.3 is 15.6 Å². The van der Waals surface area contributed by atoms with Gasteiger partial charge in [-0.2, -0.15) is 30.0 Å². The molecular weight excluding hydrogens is 411 g/mol. The van der Waals surface area contributed by atoms with Crippen LogP contribution in [-0.2, 0) is 20.2 Å². The van der Waals surface area contributed by atoms with Gasteiger partial charge in [-0.15, -0.1) is 0 Å². The van der Waals surface area contributed by atoms with Gasteiger partial charge in [0.1, 0.15) is 5.75 Å². The van der Waals surface area contributed by atoms with Crippen LogP contribution in [0.1, 0.15) is 24.0 Å². The van der Waals surface area contributed by atoms with Gasteiger partial charge in [-0.1, -0.05) is 25.1 Å². The molecule has 1 N–H and O–H groups in total. The number of hydrogen-bond acceptors (Lipinski definition) is 6. The quantitative estimate of drug-likeness (QED) is 0.454. The number of alkyl halides is 3. The zero-order valence-electron chi connectivity index (χ0n) is 14.1. The van der Waals surface area contributed by atoms with Crippen molar-refractivity contribution in [3.8, 4) is 5.75 Å². The van der Waals surface area contributed by atoms with Gasteiger partial charge in [-0.25, -0.2) is 0 Å². The Balaban J connectivity index is 0.000000646. The minimum Gasteiger partial charge on any atom is -0.376 e. The van der Waals surface area contributed by atoms with E-state index in [0.29, 0.717) is 6.26 Å². The smallest absolute Gasteiger partial charge is 0.376 e. The summed E-state index contributed by atoms with van der Waals surface area (Å²) >= 11 is 0. The number of rotatable bonds is 4. The molecule has 2 aromatic rings. The number of aromatic nitrogens is 1. The van der Waals surface area contributed by atoms with Crippen molar-refractivity contribution in [3.63, 3.8) is 0 Å². The maximum absolute atomic E-state index is 12.2. The van der Waals surface area contributed by atoms with Crippen LogP contribution in [0.3, 0.4) is 0 Å². The van der Waals surface area contributed by atoms with Crippen LogP contribution in [0.5, 0.6) is 5.75 Å². The fourth-order valence-corrected chi connectivity index (χ4v) is 2.27. The lowest BCUT2D eigenvalue weighted by molar-refractivity contribution is -0.0500. The Morgan fingerprint density at radius 2 is 1.56 bits per heavy atom. The van der Waals surface area contributed by atoms with E-state index in [9.17, 15) is 30.0 Å². The largest absolute Gasteiger partial charge is 0.534 e. The highest BCUT2D eigenvalue weighted by molar-refractivity contribution is 7.88. The van der Waals surface area contributed by atoms with Gasteiger partial charge in [-0.3, -0.25) is 9.54 Å². The number of pyridine rings is 1. The van der Waals surface area contributed by atoms with E-state index in [-0.39, 0.29) is 11.7 Å². The average molecular weight is 427 g/mol. The molecule has 27 heavy (non-hydrogen) atoms. The molecule has 0 spiro atoms. The number of hydrogen-bond donors (Lipinski definition) is 1. The second-order valence-electron chi connectivity index (χ2n) is 5.29. The second kappa shape index (κ2) is 8.67. The van der Waals surface area contributed by atoms with E-state index >= 15 is 0 Å². The maximum Gasteiger partial charge on any atom is 0.534 e. The lowest BCUT2D eigenvalue weighted by atomic mass is 9.94. The Labute approximate surface area is 154 Å². The fraction of sp³-hybridized carbons (Fsp3) is 0.267. The molecule has 1 unspecified atom stereocenters. The van der Waals surface area contributed by atoms with Gasteiger partial charge in [0.05, 0.1) is 6.26 Å². The summed E-state index contributed by atoms with van der Waals surface area (Å²) in [4.78, 5) is 4.00. The number of benzene rings is 1. The summed E-state index contributed by atoms with van der Waals surface area (Å²) in [6, 6.07) is 9.05. The first-order chi connectivity index (χ1) is 12.2.